The Morgan fingerprint density at radius 1 is 1.56 bits per heavy atom. The van der Waals surface area contributed by atoms with E-state index in [9.17, 15) is 4.79 Å². The highest BCUT2D eigenvalue weighted by Gasteiger charge is 2.19. The molecule has 4 nitrogen and oxygen atoms in total. The summed E-state index contributed by atoms with van der Waals surface area (Å²) in [6.45, 7) is 0.607. The molecule has 0 unspecified atom stereocenters. The van der Waals surface area contributed by atoms with Crippen molar-refractivity contribution in [2.75, 3.05) is 0 Å². The van der Waals surface area contributed by atoms with Crippen LogP contribution >= 0.6 is 27.3 Å². The number of carboxylic acid groups (broad SMARTS) is 1. The summed E-state index contributed by atoms with van der Waals surface area (Å²) in [5, 5.41) is 12.4. The maximum absolute atomic E-state index is 10.9. The zero-order chi connectivity index (χ0) is 11.5. The lowest BCUT2D eigenvalue weighted by atomic mass is 10.2. The Hall–Kier alpha value is -0.460. The van der Waals surface area contributed by atoms with E-state index in [0.29, 0.717) is 16.5 Å². The monoisotopic (exact) mass is 304 g/mol. The topological polar surface area (TPSA) is 62.2 Å². The molecule has 2 N–H and O–H groups in total. The lowest BCUT2D eigenvalue weighted by molar-refractivity contribution is 0.0690. The number of carboxylic acids is 1. The summed E-state index contributed by atoms with van der Waals surface area (Å²) in [5.41, 5.74) is 0.169. The minimum Gasteiger partial charge on any atom is -0.476 e. The first kappa shape index (κ1) is 12.0. The molecular weight excluding hydrogens is 292 g/mol. The number of nitrogens with one attached hydrogen (secondary N) is 1. The smallest absolute Gasteiger partial charge is 0.355 e. The fourth-order valence-electron chi connectivity index (χ4n) is 1.98. The van der Waals surface area contributed by atoms with Crippen LogP contribution in [0.4, 0.5) is 0 Å². The Balaban J connectivity index is 1.99. The molecular formula is C10H13BrN2O2S. The maximum Gasteiger partial charge on any atom is 0.355 e. The van der Waals surface area contributed by atoms with Crippen molar-refractivity contribution in [3.05, 3.63) is 14.5 Å². The summed E-state index contributed by atoms with van der Waals surface area (Å²) in [4.78, 5) is 15.7. The van der Waals surface area contributed by atoms with E-state index in [2.05, 4.69) is 26.2 Å². The van der Waals surface area contributed by atoms with Gasteiger partial charge in [0.05, 0.1) is 4.88 Å². The Kier molecular flexibility index (Phi) is 3.94. The molecule has 1 fully saturated rings. The molecule has 0 aromatic carbocycles. The SMILES string of the molecule is O=C(O)c1nc(Br)sc1CNC1CCCC1. The number of nitrogens with zero attached hydrogens (tertiary/aromatic N) is 1. The first-order chi connectivity index (χ1) is 7.66. The number of thiazole rings is 1. The van der Waals surface area contributed by atoms with Crippen LogP contribution in [0.1, 0.15) is 41.0 Å². The molecule has 0 amide bonds. The van der Waals surface area contributed by atoms with E-state index in [-0.39, 0.29) is 5.69 Å². The van der Waals surface area contributed by atoms with Crippen molar-refractivity contribution in [2.24, 2.45) is 0 Å². The largest absolute Gasteiger partial charge is 0.476 e. The quantitative estimate of drug-likeness (QED) is 0.897. The highest BCUT2D eigenvalue weighted by Crippen LogP contribution is 2.24. The van der Waals surface area contributed by atoms with E-state index >= 15 is 0 Å². The summed E-state index contributed by atoms with van der Waals surface area (Å²) in [6.07, 6.45) is 4.94. The molecule has 1 saturated carbocycles. The normalized spacial score (nSPS) is 16.8. The van der Waals surface area contributed by atoms with E-state index in [0.717, 1.165) is 4.88 Å². The summed E-state index contributed by atoms with van der Waals surface area (Å²) in [5.74, 6) is -0.954. The molecule has 2 rings (SSSR count). The number of carbonyl (C=O) groups is 1. The highest BCUT2D eigenvalue weighted by molar-refractivity contribution is 9.11. The Morgan fingerprint density at radius 2 is 2.25 bits per heavy atom. The standard InChI is InChI=1S/C10H13BrN2O2S/c11-10-13-8(9(14)15)7(16-10)5-12-6-3-1-2-4-6/h6,12H,1-5H2,(H,14,15). The minimum atomic E-state index is -0.954. The first-order valence-corrected chi connectivity index (χ1v) is 6.89. The van der Waals surface area contributed by atoms with Gasteiger partial charge in [0.1, 0.15) is 0 Å². The van der Waals surface area contributed by atoms with E-state index in [4.69, 9.17) is 5.11 Å². The van der Waals surface area contributed by atoms with Crippen molar-refractivity contribution in [3.63, 3.8) is 0 Å². The molecule has 0 atom stereocenters. The molecule has 0 spiro atoms. The number of halogens is 1. The maximum atomic E-state index is 10.9. The van der Waals surface area contributed by atoms with Gasteiger partial charge in [-0.2, -0.15) is 0 Å². The van der Waals surface area contributed by atoms with Crippen molar-refractivity contribution in [2.45, 2.75) is 38.3 Å². The zero-order valence-corrected chi connectivity index (χ0v) is 11.1. The van der Waals surface area contributed by atoms with Gasteiger partial charge in [0.15, 0.2) is 9.61 Å². The number of rotatable bonds is 4. The molecule has 0 radical (unpaired) electrons. The number of aromatic carboxylic acids is 1. The third kappa shape index (κ3) is 2.81. The van der Waals surface area contributed by atoms with Crippen molar-refractivity contribution in [3.8, 4) is 0 Å². The van der Waals surface area contributed by atoms with E-state index in [1.165, 1.54) is 37.0 Å². The summed E-state index contributed by atoms with van der Waals surface area (Å²) < 4.78 is 0.633. The summed E-state index contributed by atoms with van der Waals surface area (Å²) in [7, 11) is 0. The molecule has 0 bridgehead atoms. The Bertz CT molecular complexity index is 388. The third-order valence-electron chi connectivity index (χ3n) is 2.78. The molecule has 0 aliphatic heterocycles. The number of hydrogen-bond acceptors (Lipinski definition) is 4. The van der Waals surface area contributed by atoms with Crippen LogP contribution in [-0.2, 0) is 6.54 Å². The number of hydrogen-bond donors (Lipinski definition) is 2. The Morgan fingerprint density at radius 3 is 2.88 bits per heavy atom. The van der Waals surface area contributed by atoms with Crippen LogP contribution in [0.15, 0.2) is 3.92 Å². The van der Waals surface area contributed by atoms with Gasteiger partial charge in [-0.15, -0.1) is 11.3 Å². The molecule has 1 aromatic heterocycles. The van der Waals surface area contributed by atoms with Crippen molar-refractivity contribution in [1.82, 2.24) is 10.3 Å². The molecule has 88 valence electrons. The van der Waals surface area contributed by atoms with Gasteiger partial charge in [0, 0.05) is 12.6 Å². The number of aromatic nitrogens is 1. The Labute approximate surface area is 106 Å². The van der Waals surface area contributed by atoms with Gasteiger partial charge < -0.3 is 10.4 Å². The van der Waals surface area contributed by atoms with Crippen LogP contribution in [0.25, 0.3) is 0 Å². The molecule has 1 aliphatic rings. The second-order valence-corrected chi connectivity index (χ2v) is 6.27. The van der Waals surface area contributed by atoms with Gasteiger partial charge >= 0.3 is 5.97 Å². The average molecular weight is 305 g/mol. The third-order valence-corrected chi connectivity index (χ3v) is 4.29. The van der Waals surface area contributed by atoms with Crippen LogP contribution in [0, 0.1) is 0 Å². The second-order valence-electron chi connectivity index (χ2n) is 3.91. The van der Waals surface area contributed by atoms with Gasteiger partial charge in [-0.3, -0.25) is 0 Å². The summed E-state index contributed by atoms with van der Waals surface area (Å²) >= 11 is 4.61. The lowest BCUT2D eigenvalue weighted by Crippen LogP contribution is -2.25. The fraction of sp³-hybridized carbons (Fsp3) is 0.600. The van der Waals surface area contributed by atoms with E-state index < -0.39 is 5.97 Å². The highest BCUT2D eigenvalue weighted by atomic mass is 79.9. The molecule has 16 heavy (non-hydrogen) atoms. The van der Waals surface area contributed by atoms with Gasteiger partial charge in [-0.25, -0.2) is 9.78 Å². The van der Waals surface area contributed by atoms with Crippen LogP contribution in [-0.4, -0.2) is 22.1 Å². The van der Waals surface area contributed by atoms with Gasteiger partial charge in [0.25, 0.3) is 0 Å². The molecule has 0 saturated heterocycles. The van der Waals surface area contributed by atoms with Crippen molar-refractivity contribution in [1.29, 1.82) is 0 Å². The average Bonchev–Trinajstić information content (AvgIpc) is 2.83. The predicted octanol–water partition coefficient (Wildman–Crippen LogP) is 2.64. The van der Waals surface area contributed by atoms with Gasteiger partial charge in [-0.05, 0) is 28.8 Å². The summed E-state index contributed by atoms with van der Waals surface area (Å²) in [6, 6.07) is 0.544. The zero-order valence-electron chi connectivity index (χ0n) is 8.70. The minimum absolute atomic E-state index is 0.169. The van der Waals surface area contributed by atoms with Crippen molar-refractivity contribution < 1.29 is 9.90 Å². The van der Waals surface area contributed by atoms with Gasteiger partial charge in [-0.1, -0.05) is 12.8 Å². The second kappa shape index (κ2) is 5.25. The van der Waals surface area contributed by atoms with E-state index in [1.54, 1.807) is 0 Å². The molecule has 1 aliphatic carbocycles. The van der Waals surface area contributed by atoms with Crippen molar-refractivity contribution >= 4 is 33.2 Å². The molecule has 6 heteroatoms. The van der Waals surface area contributed by atoms with Crippen LogP contribution in [0.5, 0.6) is 0 Å². The van der Waals surface area contributed by atoms with Crippen LogP contribution < -0.4 is 5.32 Å². The van der Waals surface area contributed by atoms with Crippen LogP contribution in [0.3, 0.4) is 0 Å². The lowest BCUT2D eigenvalue weighted by Gasteiger charge is -2.10. The molecule has 1 aromatic rings. The van der Waals surface area contributed by atoms with E-state index in [1.807, 2.05) is 0 Å². The van der Waals surface area contributed by atoms with Gasteiger partial charge in [0.2, 0.25) is 0 Å². The molecule has 1 heterocycles. The van der Waals surface area contributed by atoms with Crippen LogP contribution in [0.2, 0.25) is 0 Å². The predicted molar refractivity (Wildman–Crippen MR) is 65.9 cm³/mol. The first-order valence-electron chi connectivity index (χ1n) is 5.28. The fourth-order valence-corrected chi connectivity index (χ4v) is 3.47.